The van der Waals surface area contributed by atoms with Crippen LogP contribution in [0.1, 0.15) is 78.6 Å². The van der Waals surface area contributed by atoms with Gasteiger partial charge in [0.25, 0.3) is 12.3 Å². The minimum atomic E-state index is -2.85. The second-order valence-electron chi connectivity index (χ2n) is 16.3. The van der Waals surface area contributed by atoms with Gasteiger partial charge in [0.15, 0.2) is 11.3 Å². The number of carbonyl (C=O) groups is 3. The number of piperazine rings is 1. The number of para-hydroxylation sites is 1. The molecule has 320 valence electrons. The van der Waals surface area contributed by atoms with Gasteiger partial charge in [-0.3, -0.25) is 38.4 Å². The van der Waals surface area contributed by atoms with Gasteiger partial charge in [0.2, 0.25) is 11.8 Å². The van der Waals surface area contributed by atoms with Gasteiger partial charge >= 0.3 is 5.69 Å². The molecule has 0 bridgehead atoms. The van der Waals surface area contributed by atoms with E-state index in [1.54, 1.807) is 24.1 Å². The lowest BCUT2D eigenvalue weighted by atomic mass is 9.85. The van der Waals surface area contributed by atoms with E-state index in [0.29, 0.717) is 34.7 Å². The number of hydrogen-bond acceptors (Lipinski definition) is 11. The number of alkyl halides is 2. The fraction of sp³-hybridized carbons (Fsp3) is 0.500. The lowest BCUT2D eigenvalue weighted by molar-refractivity contribution is -0.135. The first-order chi connectivity index (χ1) is 29.6. The molecule has 1 unspecified atom stereocenters. The summed E-state index contributed by atoms with van der Waals surface area (Å²) >= 11 is 1.89. The first kappa shape index (κ1) is 40.8. The van der Waals surface area contributed by atoms with Crippen LogP contribution in [0.2, 0.25) is 0 Å². The average Bonchev–Trinajstić information content (AvgIpc) is 3.96. The van der Waals surface area contributed by atoms with Crippen LogP contribution in [0.5, 0.6) is 0 Å². The van der Waals surface area contributed by atoms with Crippen LogP contribution >= 0.6 is 11.8 Å². The predicted octanol–water partition coefficient (Wildman–Crippen LogP) is 3.70. The summed E-state index contributed by atoms with van der Waals surface area (Å²) in [4.78, 5) is 62.8. The monoisotopic (exact) mass is 854 g/mol. The first-order valence-corrected chi connectivity index (χ1v) is 22.1. The molecule has 61 heavy (non-hydrogen) atoms. The van der Waals surface area contributed by atoms with Gasteiger partial charge < -0.3 is 15.1 Å². The molecule has 5 aromatic rings. The molecular weight excluding hydrogens is 807 g/mol. The van der Waals surface area contributed by atoms with E-state index in [2.05, 4.69) is 47.4 Å². The highest BCUT2D eigenvalue weighted by molar-refractivity contribution is 7.99. The van der Waals surface area contributed by atoms with Crippen LogP contribution in [-0.4, -0.2) is 125 Å². The van der Waals surface area contributed by atoms with Crippen LogP contribution in [-0.2, 0) is 16.6 Å². The molecule has 4 aromatic heterocycles. The average molecular weight is 855 g/mol. The maximum atomic E-state index is 14.3. The third-order valence-electron chi connectivity index (χ3n) is 12.5. The number of anilines is 2. The highest BCUT2D eigenvalue weighted by Crippen LogP contribution is 2.36. The van der Waals surface area contributed by atoms with Crippen molar-refractivity contribution in [3.8, 4) is 11.8 Å². The van der Waals surface area contributed by atoms with Gasteiger partial charge in [-0.15, -0.1) is 0 Å². The van der Waals surface area contributed by atoms with Crippen molar-refractivity contribution >= 4 is 57.7 Å². The van der Waals surface area contributed by atoms with Crippen molar-refractivity contribution in [2.75, 3.05) is 74.1 Å². The third-order valence-corrected chi connectivity index (χ3v) is 13.4. The molecule has 1 atom stereocenters. The molecule has 9 rings (SSSR count). The van der Waals surface area contributed by atoms with Gasteiger partial charge in [0.1, 0.15) is 17.4 Å². The number of thioether (sulfide) groups is 1. The summed E-state index contributed by atoms with van der Waals surface area (Å²) in [5.74, 6) is 8.46. The van der Waals surface area contributed by atoms with Crippen LogP contribution in [0, 0.1) is 17.8 Å². The van der Waals surface area contributed by atoms with Crippen LogP contribution in [0.15, 0.2) is 47.7 Å². The second-order valence-corrected chi connectivity index (χ2v) is 17.5. The van der Waals surface area contributed by atoms with Crippen LogP contribution in [0.4, 0.5) is 20.3 Å². The van der Waals surface area contributed by atoms with Crippen molar-refractivity contribution < 1.29 is 23.2 Å². The van der Waals surface area contributed by atoms with Crippen molar-refractivity contribution in [3.05, 3.63) is 70.2 Å². The Kier molecular flexibility index (Phi) is 11.7. The summed E-state index contributed by atoms with van der Waals surface area (Å²) in [6.45, 7) is 6.86. The predicted molar refractivity (Wildman–Crippen MR) is 227 cm³/mol. The summed E-state index contributed by atoms with van der Waals surface area (Å²) in [7, 11) is 1.68. The van der Waals surface area contributed by atoms with Crippen molar-refractivity contribution in [3.63, 3.8) is 0 Å². The zero-order valence-electron chi connectivity index (χ0n) is 33.9. The van der Waals surface area contributed by atoms with Gasteiger partial charge in [-0.05, 0) is 56.2 Å². The molecule has 0 spiro atoms. The van der Waals surface area contributed by atoms with Gasteiger partial charge in [-0.2, -0.15) is 22.0 Å². The Morgan fingerprint density at radius 2 is 1.77 bits per heavy atom. The Morgan fingerprint density at radius 1 is 1.00 bits per heavy atom. The Labute approximate surface area is 354 Å². The summed E-state index contributed by atoms with van der Waals surface area (Å²) in [5, 5.41) is 13.6. The lowest BCUT2D eigenvalue weighted by Crippen LogP contribution is -2.48. The van der Waals surface area contributed by atoms with E-state index >= 15 is 0 Å². The largest absolute Gasteiger partial charge is 0.355 e. The first-order valence-electron chi connectivity index (χ1n) is 20.9. The van der Waals surface area contributed by atoms with Crippen molar-refractivity contribution in [1.29, 1.82) is 0 Å². The molecule has 1 aromatic carbocycles. The zero-order valence-corrected chi connectivity index (χ0v) is 34.8. The van der Waals surface area contributed by atoms with E-state index in [1.165, 1.54) is 19.8 Å². The molecule has 1 saturated carbocycles. The number of rotatable bonds is 9. The Morgan fingerprint density at radius 3 is 2.52 bits per heavy atom. The molecule has 3 amide bonds. The van der Waals surface area contributed by atoms with Crippen LogP contribution < -0.4 is 21.2 Å². The van der Waals surface area contributed by atoms with E-state index < -0.39 is 30.0 Å². The molecule has 19 heteroatoms. The number of amides is 3. The molecular formula is C42H48F2N12O4S. The molecule has 0 radical (unpaired) electrons. The summed E-state index contributed by atoms with van der Waals surface area (Å²) in [6, 6.07) is 6.61. The number of benzene rings is 1. The second kappa shape index (κ2) is 17.4. The molecule has 7 heterocycles. The number of imide groups is 1. The van der Waals surface area contributed by atoms with Crippen molar-refractivity contribution in [1.82, 2.24) is 48.6 Å². The maximum absolute atomic E-state index is 14.3. The molecule has 3 saturated heterocycles. The smallest absolute Gasteiger partial charge is 0.329 e. The number of fused-ring (bicyclic) bond motifs is 2. The Hall–Kier alpha value is -5.58. The zero-order chi connectivity index (χ0) is 42.2. The van der Waals surface area contributed by atoms with E-state index in [1.807, 2.05) is 36.0 Å². The molecule has 16 nitrogen and oxygen atoms in total. The number of imidazole rings is 1. The standard InChI is InChI=1S/C42H48F2N12O4S/c1-50-37-28(4-2-6-32(37)56(42(50)60)33-11-12-35(57)48-41(33)59)5-3-14-51-16-18-52(19-17-51)25-27-7-9-29(10-8-27)55-26-31(36(49-55)38(43)44)46-40(58)30-24-45-54-15-13-34(47-39(30)54)53-20-22-61-23-21-53/h2,4,6,13,15,24,26-27,29,33,38H,7-12,14,16-23,25H2,1H3,(H,46,58)(H,48,57,59). The highest BCUT2D eigenvalue weighted by Gasteiger charge is 2.32. The summed E-state index contributed by atoms with van der Waals surface area (Å²) in [6.07, 6.45) is 5.84. The van der Waals surface area contributed by atoms with Crippen molar-refractivity contribution in [2.24, 2.45) is 13.0 Å². The third kappa shape index (κ3) is 8.40. The molecule has 4 fully saturated rings. The normalized spacial score (nSPS) is 21.8. The van der Waals surface area contributed by atoms with Crippen LogP contribution in [0.25, 0.3) is 16.7 Å². The molecule has 2 N–H and O–H groups in total. The van der Waals surface area contributed by atoms with E-state index in [-0.39, 0.29) is 41.7 Å². The van der Waals surface area contributed by atoms with Gasteiger partial charge in [0, 0.05) is 83.2 Å². The molecule has 4 aliphatic rings. The Bertz CT molecular complexity index is 2590. The number of aryl methyl sites for hydroxylation is 1. The molecule has 1 aliphatic carbocycles. The number of nitrogens with zero attached hydrogens (tertiary/aromatic N) is 10. The van der Waals surface area contributed by atoms with Gasteiger partial charge in [0.05, 0.1) is 41.1 Å². The number of hydrogen-bond donors (Lipinski definition) is 2. The maximum Gasteiger partial charge on any atom is 0.329 e. The van der Waals surface area contributed by atoms with Crippen molar-refractivity contribution in [2.45, 2.75) is 57.0 Å². The minimum absolute atomic E-state index is 0.000200. The number of piperidine rings is 1. The topological polar surface area (TPSA) is 160 Å². The number of aromatic nitrogens is 7. The lowest BCUT2D eigenvalue weighted by Gasteiger charge is -2.37. The SMILES string of the molecule is Cn1c(=O)n(C2CCC(=O)NC2=O)c2cccc(C#CCN3CCN(CC4CCC(n5cc(NC(=O)c6cnn7ccc(N8CCSCC8)nc67)c(C(F)F)n5)CC4)CC3)c21. The summed E-state index contributed by atoms with van der Waals surface area (Å²) < 4.78 is 34.7. The van der Waals surface area contributed by atoms with E-state index in [4.69, 9.17) is 4.98 Å². The van der Waals surface area contributed by atoms with E-state index in [9.17, 15) is 28.0 Å². The van der Waals surface area contributed by atoms with E-state index in [0.717, 1.165) is 88.8 Å². The fourth-order valence-corrected chi connectivity index (χ4v) is 10.0. The highest BCUT2D eigenvalue weighted by atomic mass is 32.2. The Balaban J connectivity index is 0.768. The number of carbonyl (C=O) groups excluding carboxylic acids is 3. The molecule has 3 aliphatic heterocycles. The number of halogens is 2. The van der Waals surface area contributed by atoms with Gasteiger partial charge in [-0.25, -0.2) is 23.1 Å². The van der Waals surface area contributed by atoms with Crippen LogP contribution in [0.3, 0.4) is 0 Å². The fourth-order valence-electron chi connectivity index (χ4n) is 9.13. The summed E-state index contributed by atoms with van der Waals surface area (Å²) in [5.41, 5.74) is 1.80. The number of nitrogens with one attached hydrogen (secondary N) is 2. The quantitative estimate of drug-likeness (QED) is 0.165. The van der Waals surface area contributed by atoms with Gasteiger partial charge in [-0.1, -0.05) is 17.9 Å². The minimum Gasteiger partial charge on any atom is -0.355 e.